The second-order valence-electron chi connectivity index (χ2n) is 13.0. The molecule has 0 amide bonds. The van der Waals surface area contributed by atoms with Gasteiger partial charge in [-0.1, -0.05) is 0 Å². The summed E-state index contributed by atoms with van der Waals surface area (Å²) in [7, 11) is 3.58. The molecule has 2 spiro atoms. The largest absolute Gasteiger partial charge is 0.504 e. The second kappa shape index (κ2) is 13.8. The van der Waals surface area contributed by atoms with Crippen LogP contribution in [0.3, 0.4) is 0 Å². The molecule has 2 heterocycles. The first-order valence-corrected chi connectivity index (χ1v) is 15.9. The van der Waals surface area contributed by atoms with Crippen molar-refractivity contribution in [1.29, 1.82) is 0 Å². The molecule has 0 N–H and O–H groups in total. The van der Waals surface area contributed by atoms with Crippen LogP contribution in [-0.2, 0) is 28.4 Å². The van der Waals surface area contributed by atoms with Gasteiger partial charge in [-0.2, -0.15) is 0 Å². The van der Waals surface area contributed by atoms with Gasteiger partial charge in [0.05, 0.1) is 39.8 Å². The summed E-state index contributed by atoms with van der Waals surface area (Å²) in [6, 6.07) is 0. The molecule has 4 saturated carbocycles. The smallest absolute Gasteiger partial charge is 0.168 e. The lowest BCUT2D eigenvalue weighted by atomic mass is 9.70. The average Bonchev–Trinajstić information content (AvgIpc) is 3.61. The highest BCUT2D eigenvalue weighted by atomic mass is 16.7. The topological polar surface area (TPSA) is 55.4 Å². The Morgan fingerprint density at radius 3 is 1.45 bits per heavy atom. The fourth-order valence-electron chi connectivity index (χ4n) is 8.50. The number of hydrogen-bond acceptors (Lipinski definition) is 6. The lowest BCUT2D eigenvalue weighted by molar-refractivity contribution is -0.185. The van der Waals surface area contributed by atoms with Crippen LogP contribution in [0.2, 0.25) is 0 Å². The van der Waals surface area contributed by atoms with Gasteiger partial charge in [0.1, 0.15) is 0 Å². The maximum atomic E-state index is 5.83. The van der Waals surface area contributed by atoms with Crippen LogP contribution in [-0.4, -0.2) is 58.8 Å². The minimum atomic E-state index is -0.188. The molecule has 0 unspecified atom stereocenters. The SMILES string of the molecule is COC=C1CCC(C2CCC3(CC2)OCCO3)CC1.COCC1CCC(C2CCC3(CC2)OCCO3)CC1. The molecule has 2 aliphatic heterocycles. The van der Waals surface area contributed by atoms with Crippen LogP contribution < -0.4 is 0 Å². The fourth-order valence-corrected chi connectivity index (χ4v) is 8.50. The summed E-state index contributed by atoms with van der Waals surface area (Å²) < 4.78 is 33.7. The van der Waals surface area contributed by atoms with E-state index < -0.39 is 0 Å². The number of hydrogen-bond donors (Lipinski definition) is 0. The van der Waals surface area contributed by atoms with Gasteiger partial charge in [0.15, 0.2) is 11.6 Å². The van der Waals surface area contributed by atoms with E-state index in [4.69, 9.17) is 28.4 Å². The predicted molar refractivity (Wildman–Crippen MR) is 148 cm³/mol. The molecular formula is C32H54O6. The summed E-state index contributed by atoms with van der Waals surface area (Å²) in [5.74, 6) is 4.12. The Hall–Kier alpha value is -0.660. The Labute approximate surface area is 231 Å². The van der Waals surface area contributed by atoms with Gasteiger partial charge >= 0.3 is 0 Å². The Morgan fingerprint density at radius 1 is 0.605 bits per heavy atom. The molecule has 0 aromatic heterocycles. The third-order valence-corrected chi connectivity index (χ3v) is 10.8. The second-order valence-corrected chi connectivity index (χ2v) is 13.0. The third-order valence-electron chi connectivity index (χ3n) is 10.8. The van der Waals surface area contributed by atoms with Gasteiger partial charge < -0.3 is 28.4 Å². The van der Waals surface area contributed by atoms with Gasteiger partial charge in [-0.05, 0) is 112 Å². The van der Waals surface area contributed by atoms with Crippen LogP contribution >= 0.6 is 0 Å². The van der Waals surface area contributed by atoms with Crippen molar-refractivity contribution in [2.45, 2.75) is 114 Å². The van der Waals surface area contributed by atoms with Crippen molar-refractivity contribution in [3.63, 3.8) is 0 Å². The molecule has 0 atom stereocenters. The number of ether oxygens (including phenoxy) is 6. The van der Waals surface area contributed by atoms with Crippen LogP contribution in [0, 0.1) is 29.6 Å². The van der Waals surface area contributed by atoms with E-state index in [-0.39, 0.29) is 11.6 Å². The first-order chi connectivity index (χ1) is 18.6. The van der Waals surface area contributed by atoms with E-state index in [1.54, 1.807) is 7.11 Å². The van der Waals surface area contributed by atoms with Crippen molar-refractivity contribution in [3.8, 4) is 0 Å². The van der Waals surface area contributed by atoms with E-state index in [0.29, 0.717) is 0 Å². The molecule has 218 valence electrons. The van der Waals surface area contributed by atoms with Crippen LogP contribution in [0.5, 0.6) is 0 Å². The van der Waals surface area contributed by atoms with Gasteiger partial charge in [0, 0.05) is 39.4 Å². The van der Waals surface area contributed by atoms with Gasteiger partial charge in [-0.25, -0.2) is 0 Å². The molecule has 6 rings (SSSR count). The lowest BCUT2D eigenvalue weighted by Crippen LogP contribution is -2.37. The quantitative estimate of drug-likeness (QED) is 0.354. The van der Waals surface area contributed by atoms with Crippen molar-refractivity contribution in [1.82, 2.24) is 0 Å². The van der Waals surface area contributed by atoms with Crippen molar-refractivity contribution in [3.05, 3.63) is 11.8 Å². The molecule has 0 bridgehead atoms. The van der Waals surface area contributed by atoms with Crippen molar-refractivity contribution in [2.24, 2.45) is 29.6 Å². The number of allylic oxidation sites excluding steroid dienone is 1. The summed E-state index contributed by atoms with van der Waals surface area (Å²) >= 11 is 0. The minimum Gasteiger partial charge on any atom is -0.504 e. The third kappa shape index (κ3) is 7.34. The Morgan fingerprint density at radius 2 is 1.03 bits per heavy atom. The van der Waals surface area contributed by atoms with Crippen LogP contribution in [0.25, 0.3) is 0 Å². The maximum Gasteiger partial charge on any atom is 0.168 e. The number of methoxy groups -OCH3 is 2. The Kier molecular flexibility index (Phi) is 10.5. The predicted octanol–water partition coefficient (Wildman–Crippen LogP) is 7.01. The van der Waals surface area contributed by atoms with E-state index in [1.807, 2.05) is 13.4 Å². The standard InChI is InChI=1S/C16H28O3.C16H26O3/c2*1-17-12-13-2-4-14(5-3-13)15-6-8-16(9-7-15)18-10-11-19-16/h13-15H,2-12H2,1H3;12,14-15H,2-11H2,1H3. The Bertz CT molecular complexity index is 702. The molecule has 6 fully saturated rings. The van der Waals surface area contributed by atoms with Crippen LogP contribution in [0.4, 0.5) is 0 Å². The molecular weight excluding hydrogens is 480 g/mol. The van der Waals surface area contributed by atoms with E-state index >= 15 is 0 Å². The van der Waals surface area contributed by atoms with E-state index in [0.717, 1.165) is 88.3 Å². The summed E-state index contributed by atoms with van der Waals surface area (Å²) in [5, 5.41) is 0. The summed E-state index contributed by atoms with van der Waals surface area (Å²) in [6.45, 7) is 4.14. The van der Waals surface area contributed by atoms with Crippen LogP contribution in [0.1, 0.15) is 103 Å². The average molecular weight is 535 g/mol. The highest BCUT2D eigenvalue weighted by Crippen LogP contribution is 2.46. The maximum absolute atomic E-state index is 5.83. The summed E-state index contributed by atoms with van der Waals surface area (Å²) in [6.07, 6.45) is 22.3. The highest BCUT2D eigenvalue weighted by Gasteiger charge is 2.43. The van der Waals surface area contributed by atoms with Gasteiger partial charge in [-0.15, -0.1) is 0 Å². The number of rotatable bonds is 5. The van der Waals surface area contributed by atoms with E-state index in [9.17, 15) is 0 Å². The summed E-state index contributed by atoms with van der Waals surface area (Å²) in [5.41, 5.74) is 1.49. The Balaban J connectivity index is 0.000000155. The molecule has 0 aromatic rings. The van der Waals surface area contributed by atoms with Gasteiger partial charge in [0.2, 0.25) is 0 Å². The van der Waals surface area contributed by atoms with Gasteiger partial charge in [-0.3, -0.25) is 0 Å². The zero-order valence-corrected chi connectivity index (χ0v) is 24.3. The lowest BCUT2D eigenvalue weighted by Gasteiger charge is -2.40. The van der Waals surface area contributed by atoms with Crippen molar-refractivity contribution in [2.75, 3.05) is 47.3 Å². The van der Waals surface area contributed by atoms with Crippen molar-refractivity contribution < 1.29 is 28.4 Å². The van der Waals surface area contributed by atoms with E-state index in [2.05, 4.69) is 0 Å². The molecule has 6 heteroatoms. The normalized spacial score (nSPS) is 35.2. The molecule has 2 saturated heterocycles. The molecule has 6 nitrogen and oxygen atoms in total. The highest BCUT2D eigenvalue weighted by molar-refractivity contribution is 5.03. The van der Waals surface area contributed by atoms with E-state index in [1.165, 1.54) is 82.6 Å². The molecule has 6 aliphatic rings. The summed E-state index contributed by atoms with van der Waals surface area (Å²) in [4.78, 5) is 0. The molecule has 0 radical (unpaired) electrons. The monoisotopic (exact) mass is 534 g/mol. The minimum absolute atomic E-state index is 0.177. The molecule has 4 aliphatic carbocycles. The van der Waals surface area contributed by atoms with Crippen molar-refractivity contribution >= 4 is 0 Å². The first kappa shape index (κ1) is 28.9. The van der Waals surface area contributed by atoms with Gasteiger partial charge in [0.25, 0.3) is 0 Å². The fraction of sp³-hybridized carbons (Fsp3) is 0.938. The molecule has 38 heavy (non-hydrogen) atoms. The molecule has 0 aromatic carbocycles. The van der Waals surface area contributed by atoms with Crippen LogP contribution in [0.15, 0.2) is 11.8 Å². The zero-order chi connectivity index (χ0) is 26.3. The zero-order valence-electron chi connectivity index (χ0n) is 24.3. The first-order valence-electron chi connectivity index (χ1n) is 15.9.